The minimum Gasteiger partial charge on any atom is -0.489 e. The lowest BCUT2D eigenvalue weighted by Gasteiger charge is -2.33. The average Bonchev–Trinajstić information content (AvgIpc) is 3.75. The fourth-order valence-electron chi connectivity index (χ4n) is 5.27. The third kappa shape index (κ3) is 7.20. The van der Waals surface area contributed by atoms with Crippen molar-refractivity contribution >= 4 is 46.0 Å². The van der Waals surface area contributed by atoms with Crippen LogP contribution in [0.5, 0.6) is 11.5 Å². The SMILES string of the molecule is Cc1nnc(-c2ccc3[nH]c(-c4cc(O[C@H](C)c5cccc(OC6CCN(C(=O)OC(C)(C)C)CC6)c5Cl)c(C(N)=O)s4)nc3c2)o1. The maximum atomic E-state index is 12.5. The number of nitrogens with one attached hydrogen (secondary N) is 1. The number of likely N-dealkylation sites (tertiary alicyclic amines) is 1. The van der Waals surface area contributed by atoms with Crippen LogP contribution in [-0.4, -0.2) is 61.9 Å². The number of aromatic amines is 1. The van der Waals surface area contributed by atoms with Crippen LogP contribution in [0.4, 0.5) is 4.79 Å². The number of hydrogen-bond donors (Lipinski definition) is 2. The second-order valence-corrected chi connectivity index (χ2v) is 13.7. The van der Waals surface area contributed by atoms with Crippen LogP contribution in [-0.2, 0) is 4.74 Å². The summed E-state index contributed by atoms with van der Waals surface area (Å²) < 4.78 is 23.6. The summed E-state index contributed by atoms with van der Waals surface area (Å²) >= 11 is 8.02. The van der Waals surface area contributed by atoms with Gasteiger partial charge in [-0.15, -0.1) is 21.5 Å². The summed E-state index contributed by atoms with van der Waals surface area (Å²) in [6.45, 7) is 10.2. The van der Waals surface area contributed by atoms with Crippen molar-refractivity contribution in [2.75, 3.05) is 13.1 Å². The quantitative estimate of drug-likeness (QED) is 0.171. The molecular formula is C33H35ClN6O6S. The Morgan fingerprint density at radius 3 is 2.57 bits per heavy atom. The highest BCUT2D eigenvalue weighted by Gasteiger charge is 2.29. The van der Waals surface area contributed by atoms with Gasteiger partial charge in [-0.3, -0.25) is 4.79 Å². The summed E-state index contributed by atoms with van der Waals surface area (Å²) in [4.78, 5) is 35.6. The number of carbonyl (C=O) groups is 2. The topological polar surface area (TPSA) is 159 Å². The molecule has 2 aromatic carbocycles. The molecule has 47 heavy (non-hydrogen) atoms. The summed E-state index contributed by atoms with van der Waals surface area (Å²) in [6.07, 6.45) is 0.307. The van der Waals surface area contributed by atoms with Gasteiger partial charge in [0, 0.05) is 50.0 Å². The lowest BCUT2D eigenvalue weighted by Crippen LogP contribution is -2.44. The van der Waals surface area contributed by atoms with Crippen molar-refractivity contribution in [2.45, 2.75) is 65.3 Å². The first-order valence-corrected chi connectivity index (χ1v) is 16.4. The zero-order valence-electron chi connectivity index (χ0n) is 26.6. The molecule has 0 spiro atoms. The number of hydrogen-bond acceptors (Lipinski definition) is 10. The van der Waals surface area contributed by atoms with E-state index in [9.17, 15) is 9.59 Å². The van der Waals surface area contributed by atoms with E-state index < -0.39 is 17.6 Å². The van der Waals surface area contributed by atoms with Gasteiger partial charge in [-0.05, 0) is 52.0 Å². The minimum atomic E-state index is -0.616. The van der Waals surface area contributed by atoms with Gasteiger partial charge in [0.15, 0.2) is 0 Å². The van der Waals surface area contributed by atoms with Crippen molar-refractivity contribution in [3.05, 3.63) is 63.8 Å². The molecule has 6 rings (SSSR count). The molecule has 3 N–H and O–H groups in total. The standard InChI is InChI=1S/C33H35ClN6O6S/c1-17(21-7-6-8-24(27(21)34)45-20-11-13-40(14-12-20)32(42)46-33(3,4)5)43-25-16-26(47-28(25)29(35)41)30-36-22-10-9-19(15-23(22)37-30)31-39-38-18(2)44-31/h6-10,15-17,20H,11-14H2,1-5H3,(H2,35,41)(H,36,37)/t17-/m1/s1. The Morgan fingerprint density at radius 1 is 1.13 bits per heavy atom. The van der Waals surface area contributed by atoms with Gasteiger partial charge in [-0.2, -0.15) is 0 Å². The first-order valence-electron chi connectivity index (χ1n) is 15.2. The number of rotatable bonds is 8. The smallest absolute Gasteiger partial charge is 0.410 e. The van der Waals surface area contributed by atoms with Crippen molar-refractivity contribution in [1.29, 1.82) is 0 Å². The Morgan fingerprint density at radius 2 is 1.89 bits per heavy atom. The Hall–Kier alpha value is -4.62. The van der Waals surface area contributed by atoms with Crippen LogP contribution < -0.4 is 15.2 Å². The van der Waals surface area contributed by atoms with Gasteiger partial charge in [0.2, 0.25) is 11.8 Å². The molecule has 1 atom stereocenters. The summed E-state index contributed by atoms with van der Waals surface area (Å²) in [7, 11) is 0. The number of ether oxygens (including phenoxy) is 3. The van der Waals surface area contributed by atoms with Crippen molar-refractivity contribution < 1.29 is 28.2 Å². The number of benzene rings is 2. The predicted octanol–water partition coefficient (Wildman–Crippen LogP) is 7.32. The number of piperidine rings is 1. The number of halogens is 1. The highest BCUT2D eigenvalue weighted by atomic mass is 35.5. The summed E-state index contributed by atoms with van der Waals surface area (Å²) in [5.74, 6) is 1.66. The molecule has 5 aromatic rings. The molecule has 12 nitrogen and oxygen atoms in total. The molecule has 1 fully saturated rings. The highest BCUT2D eigenvalue weighted by molar-refractivity contribution is 7.17. The van der Waals surface area contributed by atoms with E-state index in [1.54, 1.807) is 17.9 Å². The Balaban J connectivity index is 1.16. The fraction of sp³-hybridized carbons (Fsp3) is 0.364. The van der Waals surface area contributed by atoms with E-state index in [0.717, 1.165) is 11.1 Å². The van der Waals surface area contributed by atoms with Crippen molar-refractivity contribution in [1.82, 2.24) is 25.1 Å². The molecule has 0 bridgehead atoms. The molecule has 0 unspecified atom stereocenters. The zero-order chi connectivity index (χ0) is 33.5. The van der Waals surface area contributed by atoms with E-state index in [0.29, 0.717) is 76.0 Å². The van der Waals surface area contributed by atoms with Crippen molar-refractivity contribution in [2.24, 2.45) is 5.73 Å². The van der Waals surface area contributed by atoms with Gasteiger partial charge < -0.3 is 34.2 Å². The zero-order valence-corrected chi connectivity index (χ0v) is 28.2. The largest absolute Gasteiger partial charge is 0.489 e. The summed E-state index contributed by atoms with van der Waals surface area (Å²) in [6, 6.07) is 12.8. The number of aromatic nitrogens is 4. The van der Waals surface area contributed by atoms with Crippen LogP contribution in [0.2, 0.25) is 5.02 Å². The fourth-order valence-corrected chi connectivity index (χ4v) is 6.48. The molecular weight excluding hydrogens is 644 g/mol. The number of aryl methyl sites for hydroxylation is 1. The second kappa shape index (κ2) is 12.9. The molecule has 0 saturated carbocycles. The molecule has 2 amide bonds. The van der Waals surface area contributed by atoms with Crippen LogP contribution in [0.3, 0.4) is 0 Å². The number of fused-ring (bicyclic) bond motifs is 1. The first kappa shape index (κ1) is 32.3. The van der Waals surface area contributed by atoms with Gasteiger partial charge in [-0.25, -0.2) is 9.78 Å². The summed E-state index contributed by atoms with van der Waals surface area (Å²) in [5, 5.41) is 8.38. The Labute approximate surface area is 280 Å². The monoisotopic (exact) mass is 678 g/mol. The third-order valence-electron chi connectivity index (χ3n) is 7.53. The molecule has 1 saturated heterocycles. The van der Waals surface area contributed by atoms with E-state index >= 15 is 0 Å². The molecule has 246 valence electrons. The molecule has 14 heteroatoms. The number of carbonyl (C=O) groups excluding carboxylic acids is 2. The van der Waals surface area contributed by atoms with Gasteiger partial charge in [-0.1, -0.05) is 23.7 Å². The number of imidazole rings is 1. The van der Waals surface area contributed by atoms with Crippen LogP contribution in [0.1, 0.15) is 67.8 Å². The van der Waals surface area contributed by atoms with Gasteiger partial charge >= 0.3 is 6.09 Å². The molecule has 0 aliphatic carbocycles. The normalized spacial score (nSPS) is 14.7. The first-order chi connectivity index (χ1) is 22.3. The third-order valence-corrected chi connectivity index (χ3v) is 9.08. The highest BCUT2D eigenvalue weighted by Crippen LogP contribution is 2.40. The molecule has 1 aliphatic rings. The molecule has 4 heterocycles. The molecule has 0 radical (unpaired) electrons. The van der Waals surface area contributed by atoms with Gasteiger partial charge in [0.25, 0.3) is 5.91 Å². The van der Waals surface area contributed by atoms with Gasteiger partial charge in [0.05, 0.1) is 20.9 Å². The number of primary amides is 1. The number of thiophene rings is 1. The van der Waals surface area contributed by atoms with E-state index in [1.807, 2.05) is 64.1 Å². The lowest BCUT2D eigenvalue weighted by atomic mass is 10.1. The maximum Gasteiger partial charge on any atom is 0.410 e. The Bertz CT molecular complexity index is 1940. The average molecular weight is 679 g/mol. The van der Waals surface area contributed by atoms with Crippen LogP contribution in [0.25, 0.3) is 33.2 Å². The second-order valence-electron chi connectivity index (χ2n) is 12.3. The van der Waals surface area contributed by atoms with Crippen LogP contribution >= 0.6 is 22.9 Å². The van der Waals surface area contributed by atoms with Gasteiger partial charge in [0.1, 0.15) is 40.0 Å². The Kier molecular flexibility index (Phi) is 8.86. The molecule has 3 aromatic heterocycles. The predicted molar refractivity (Wildman–Crippen MR) is 178 cm³/mol. The van der Waals surface area contributed by atoms with Crippen LogP contribution in [0.15, 0.2) is 46.9 Å². The number of nitrogens with two attached hydrogens (primary N) is 1. The van der Waals surface area contributed by atoms with Crippen molar-refractivity contribution in [3.63, 3.8) is 0 Å². The van der Waals surface area contributed by atoms with E-state index in [1.165, 1.54) is 11.3 Å². The summed E-state index contributed by atoms with van der Waals surface area (Å²) in [5.41, 5.74) is 8.13. The minimum absolute atomic E-state index is 0.116. The maximum absolute atomic E-state index is 12.5. The molecule has 1 aliphatic heterocycles. The number of nitrogens with zero attached hydrogens (tertiary/aromatic N) is 4. The lowest BCUT2D eigenvalue weighted by molar-refractivity contribution is 0.0126. The van der Waals surface area contributed by atoms with Crippen LogP contribution in [0, 0.1) is 6.92 Å². The van der Waals surface area contributed by atoms with E-state index in [4.69, 9.17) is 40.9 Å². The number of amides is 2. The van der Waals surface area contributed by atoms with E-state index in [-0.39, 0.29) is 17.1 Å². The number of H-pyrrole nitrogens is 1. The van der Waals surface area contributed by atoms with Crippen molar-refractivity contribution in [3.8, 4) is 33.7 Å². The van der Waals surface area contributed by atoms with E-state index in [2.05, 4.69) is 15.2 Å².